The van der Waals surface area contributed by atoms with E-state index in [1.807, 2.05) is 35.0 Å². The molecule has 4 rings (SSSR count). The van der Waals surface area contributed by atoms with Gasteiger partial charge >= 0.3 is 0 Å². The quantitative estimate of drug-likeness (QED) is 0.204. The molecule has 0 amide bonds. The minimum atomic E-state index is -4.19. The monoisotopic (exact) mass is 492 g/mol. The van der Waals surface area contributed by atoms with Crippen LogP contribution in [0.15, 0.2) is 95.4 Å². The number of hydrogen-bond acceptors (Lipinski definition) is 8. The molecule has 1 aromatic heterocycles. The van der Waals surface area contributed by atoms with E-state index < -0.39 is 14.9 Å². The van der Waals surface area contributed by atoms with E-state index in [9.17, 15) is 18.5 Å². The van der Waals surface area contributed by atoms with E-state index in [2.05, 4.69) is 20.2 Å². The zero-order chi connectivity index (χ0) is 24.8. The molecule has 0 atom stereocenters. The number of ether oxygens (including phenoxy) is 1. The topological polar surface area (TPSA) is 141 Å². The first-order valence-corrected chi connectivity index (χ1v) is 11.7. The van der Waals surface area contributed by atoms with Gasteiger partial charge in [-0.2, -0.15) is 5.10 Å². The molecule has 178 valence electrons. The Morgan fingerprint density at radius 3 is 2.46 bits per heavy atom. The van der Waals surface area contributed by atoms with E-state index in [4.69, 9.17) is 4.74 Å². The molecule has 0 bridgehead atoms. The number of non-ortho nitro benzene ring substituents is 1. The predicted molar refractivity (Wildman–Crippen MR) is 132 cm³/mol. The van der Waals surface area contributed by atoms with Crippen LogP contribution in [0.5, 0.6) is 5.75 Å². The molecule has 35 heavy (non-hydrogen) atoms. The maximum absolute atomic E-state index is 13.1. The third kappa shape index (κ3) is 5.62. The van der Waals surface area contributed by atoms with Crippen molar-refractivity contribution in [1.29, 1.82) is 0 Å². The molecule has 0 spiro atoms. The van der Waals surface area contributed by atoms with Gasteiger partial charge in [-0.3, -0.25) is 20.3 Å². The van der Waals surface area contributed by atoms with E-state index >= 15 is 0 Å². The van der Waals surface area contributed by atoms with Gasteiger partial charge in [-0.25, -0.2) is 13.4 Å². The van der Waals surface area contributed by atoms with Gasteiger partial charge in [0, 0.05) is 35.9 Å². The fourth-order valence-corrected chi connectivity index (χ4v) is 4.36. The Hall–Kier alpha value is -4.71. The summed E-state index contributed by atoms with van der Waals surface area (Å²) >= 11 is 0. The van der Waals surface area contributed by atoms with Gasteiger partial charge in [-0.15, -0.1) is 0 Å². The Bertz CT molecular complexity index is 1450. The van der Waals surface area contributed by atoms with Crippen LogP contribution in [0.25, 0.3) is 5.69 Å². The highest BCUT2D eigenvalue weighted by Gasteiger charge is 2.22. The molecule has 4 aromatic rings. The molecule has 0 radical (unpaired) electrons. The summed E-state index contributed by atoms with van der Waals surface area (Å²) in [4.78, 5) is 14.3. The summed E-state index contributed by atoms with van der Waals surface area (Å²) in [5.41, 5.74) is 4.31. The van der Waals surface area contributed by atoms with Crippen LogP contribution in [0.1, 0.15) is 5.56 Å². The number of nitro benzene ring substituents is 1. The fourth-order valence-electron chi connectivity index (χ4n) is 3.13. The summed E-state index contributed by atoms with van der Waals surface area (Å²) in [6.45, 7) is 0. The molecule has 0 saturated carbocycles. The normalized spacial score (nSPS) is 11.3. The number of aromatic nitrogens is 2. The lowest BCUT2D eigenvalue weighted by Crippen LogP contribution is -2.15. The van der Waals surface area contributed by atoms with Crippen LogP contribution >= 0.6 is 0 Å². The Morgan fingerprint density at radius 2 is 1.83 bits per heavy atom. The molecule has 12 heteroatoms. The largest absolute Gasteiger partial charge is 0.497 e. The average Bonchev–Trinajstić information content (AvgIpc) is 3.40. The third-order valence-electron chi connectivity index (χ3n) is 4.90. The van der Waals surface area contributed by atoms with Crippen molar-refractivity contribution < 1.29 is 18.1 Å². The van der Waals surface area contributed by atoms with Crippen LogP contribution in [0.3, 0.4) is 0 Å². The van der Waals surface area contributed by atoms with Crippen molar-refractivity contribution in [1.82, 2.24) is 9.55 Å². The molecule has 0 saturated heterocycles. The maximum Gasteiger partial charge on any atom is 0.270 e. The van der Waals surface area contributed by atoms with Crippen LogP contribution in [-0.2, 0) is 10.0 Å². The first-order valence-electron chi connectivity index (χ1n) is 10.2. The summed E-state index contributed by atoms with van der Waals surface area (Å²) in [5, 5.41) is 15.4. The Labute approximate surface area is 200 Å². The number of imidazole rings is 1. The summed E-state index contributed by atoms with van der Waals surface area (Å²) < 4.78 is 35.5. The van der Waals surface area contributed by atoms with Gasteiger partial charge in [0.05, 0.1) is 30.3 Å². The number of hydrazone groups is 1. The number of nitro groups is 1. The molecule has 2 N–H and O–H groups in total. The number of rotatable bonds is 9. The molecular weight excluding hydrogens is 472 g/mol. The maximum atomic E-state index is 13.1. The minimum absolute atomic E-state index is 0.0721. The Morgan fingerprint density at radius 1 is 1.09 bits per heavy atom. The van der Waals surface area contributed by atoms with E-state index in [0.717, 1.165) is 17.3 Å². The van der Waals surface area contributed by atoms with Crippen molar-refractivity contribution >= 4 is 33.3 Å². The Balaban J connectivity index is 1.57. The lowest BCUT2D eigenvalue weighted by molar-refractivity contribution is -0.385. The molecule has 0 aliphatic rings. The van der Waals surface area contributed by atoms with Gasteiger partial charge in [0.1, 0.15) is 10.6 Å². The molecule has 0 unspecified atom stereocenters. The van der Waals surface area contributed by atoms with E-state index in [1.165, 1.54) is 37.6 Å². The number of anilines is 2. The number of benzene rings is 3. The Kier molecular flexibility index (Phi) is 6.73. The first-order chi connectivity index (χ1) is 16.9. The number of nitrogens with one attached hydrogen (secondary N) is 2. The molecule has 11 nitrogen and oxygen atoms in total. The van der Waals surface area contributed by atoms with Crippen LogP contribution in [-0.4, -0.2) is 36.2 Å². The zero-order valence-corrected chi connectivity index (χ0v) is 19.2. The van der Waals surface area contributed by atoms with E-state index in [1.54, 1.807) is 24.7 Å². The number of hydrogen-bond donors (Lipinski definition) is 2. The van der Waals surface area contributed by atoms with Crippen LogP contribution < -0.4 is 14.9 Å². The van der Waals surface area contributed by atoms with Gasteiger partial charge in [-0.1, -0.05) is 12.1 Å². The van der Waals surface area contributed by atoms with Gasteiger partial charge in [0.15, 0.2) is 0 Å². The molecule has 0 aliphatic carbocycles. The highest BCUT2D eigenvalue weighted by atomic mass is 32.2. The third-order valence-corrected chi connectivity index (χ3v) is 6.32. The van der Waals surface area contributed by atoms with Gasteiger partial charge in [0.2, 0.25) is 0 Å². The highest BCUT2D eigenvalue weighted by molar-refractivity contribution is 7.92. The molecular formula is C23H20N6O5S. The van der Waals surface area contributed by atoms with E-state index in [-0.39, 0.29) is 22.0 Å². The number of methoxy groups -OCH3 is 1. The van der Waals surface area contributed by atoms with Crippen LogP contribution in [0.2, 0.25) is 0 Å². The van der Waals surface area contributed by atoms with Crippen molar-refractivity contribution in [3.63, 3.8) is 0 Å². The lowest BCUT2D eigenvalue weighted by Gasteiger charge is -2.12. The first kappa shape index (κ1) is 23.4. The summed E-state index contributed by atoms with van der Waals surface area (Å²) in [6, 6.07) is 17.1. The second-order valence-electron chi connectivity index (χ2n) is 7.20. The smallest absolute Gasteiger partial charge is 0.270 e. The number of nitrogens with zero attached hydrogens (tertiary/aromatic N) is 4. The second-order valence-corrected chi connectivity index (χ2v) is 8.85. The average molecular weight is 493 g/mol. The predicted octanol–water partition coefficient (Wildman–Crippen LogP) is 4.04. The van der Waals surface area contributed by atoms with Gasteiger partial charge < -0.3 is 9.30 Å². The standard InChI is InChI=1S/C23H20N6O5S/c1-34-21-9-4-18(5-10-21)27-35(32,33)23-14-20(29(30)31)8-11-22(23)26-25-15-17-2-6-19(7-3-17)28-13-12-24-16-28/h2-16,26-27H,1H3/b25-15+. The van der Waals surface area contributed by atoms with Crippen molar-refractivity contribution in [2.45, 2.75) is 4.90 Å². The van der Waals surface area contributed by atoms with Crippen molar-refractivity contribution in [2.24, 2.45) is 5.10 Å². The van der Waals surface area contributed by atoms with Crippen LogP contribution in [0.4, 0.5) is 17.1 Å². The van der Waals surface area contributed by atoms with Gasteiger partial charge in [-0.05, 0) is 48.0 Å². The number of sulfonamides is 1. The van der Waals surface area contributed by atoms with Gasteiger partial charge in [0.25, 0.3) is 15.7 Å². The van der Waals surface area contributed by atoms with Crippen molar-refractivity contribution in [3.05, 3.63) is 101 Å². The van der Waals surface area contributed by atoms with Crippen LogP contribution in [0, 0.1) is 10.1 Å². The lowest BCUT2D eigenvalue weighted by atomic mass is 10.2. The fraction of sp³-hybridized carbons (Fsp3) is 0.0435. The zero-order valence-electron chi connectivity index (χ0n) is 18.4. The summed E-state index contributed by atoms with van der Waals surface area (Å²) in [6.07, 6.45) is 6.69. The second kappa shape index (κ2) is 10.1. The SMILES string of the molecule is COc1ccc(NS(=O)(=O)c2cc([N+](=O)[O-])ccc2N/N=C/c2ccc(-n3ccnc3)cc2)cc1. The molecule has 0 aliphatic heterocycles. The summed E-state index contributed by atoms with van der Waals surface area (Å²) in [7, 11) is -2.69. The molecule has 3 aromatic carbocycles. The molecule has 0 fully saturated rings. The van der Waals surface area contributed by atoms with Crippen molar-refractivity contribution in [2.75, 3.05) is 17.3 Å². The van der Waals surface area contributed by atoms with Crippen molar-refractivity contribution in [3.8, 4) is 11.4 Å². The minimum Gasteiger partial charge on any atom is -0.497 e. The highest BCUT2D eigenvalue weighted by Crippen LogP contribution is 2.29. The van der Waals surface area contributed by atoms with E-state index in [0.29, 0.717) is 5.75 Å². The molecule has 1 heterocycles. The summed E-state index contributed by atoms with van der Waals surface area (Å²) in [5.74, 6) is 0.554.